The van der Waals surface area contributed by atoms with Crippen molar-refractivity contribution in [1.82, 2.24) is 5.43 Å². The van der Waals surface area contributed by atoms with Gasteiger partial charge < -0.3 is 9.47 Å². The Labute approximate surface area is 203 Å². The summed E-state index contributed by atoms with van der Waals surface area (Å²) in [5.74, 6) is -0.933. The van der Waals surface area contributed by atoms with Gasteiger partial charge in [0.25, 0.3) is 5.91 Å². The Bertz CT molecular complexity index is 1240. The number of carbonyl (C=O) groups is 1. The summed E-state index contributed by atoms with van der Waals surface area (Å²) >= 11 is 2.08. The third kappa shape index (κ3) is 6.49. The Hall–Kier alpha value is -3.52. The van der Waals surface area contributed by atoms with Crippen LogP contribution in [0.15, 0.2) is 59.7 Å². The van der Waals surface area contributed by atoms with E-state index in [1.54, 1.807) is 30.3 Å². The van der Waals surface area contributed by atoms with Crippen molar-refractivity contribution in [3.8, 4) is 17.6 Å². The van der Waals surface area contributed by atoms with E-state index in [1.165, 1.54) is 30.5 Å². The fraction of sp³-hybridized carbons (Fsp3) is 0.125. The summed E-state index contributed by atoms with van der Waals surface area (Å²) < 4.78 is 39.6. The molecule has 0 radical (unpaired) electrons. The summed E-state index contributed by atoms with van der Waals surface area (Å²) in [7, 11) is 0. The zero-order valence-corrected chi connectivity index (χ0v) is 19.6. The highest BCUT2D eigenvalue weighted by atomic mass is 127. The lowest BCUT2D eigenvalue weighted by Gasteiger charge is -2.14. The van der Waals surface area contributed by atoms with Crippen molar-refractivity contribution >= 4 is 34.7 Å². The molecular formula is C24H18F2IN3O3. The van der Waals surface area contributed by atoms with Gasteiger partial charge in [-0.25, -0.2) is 14.2 Å². The molecule has 0 aliphatic rings. The normalized spacial score (nSPS) is 10.6. The topological polar surface area (TPSA) is 83.7 Å². The van der Waals surface area contributed by atoms with Gasteiger partial charge in [-0.05, 0) is 83.1 Å². The number of hydrogen-bond acceptors (Lipinski definition) is 5. The molecule has 0 fully saturated rings. The number of hydrazone groups is 1. The number of benzene rings is 3. The van der Waals surface area contributed by atoms with E-state index in [2.05, 4.69) is 33.1 Å². The number of ether oxygens (including phenoxy) is 2. The molecule has 0 spiro atoms. The first-order chi connectivity index (χ1) is 15.9. The average Bonchev–Trinajstić information content (AvgIpc) is 2.78. The Morgan fingerprint density at radius 1 is 1.18 bits per heavy atom. The van der Waals surface area contributed by atoms with E-state index in [-0.39, 0.29) is 23.6 Å². The fourth-order valence-electron chi connectivity index (χ4n) is 2.84. The third-order valence-electron chi connectivity index (χ3n) is 4.33. The minimum atomic E-state index is -0.810. The predicted molar refractivity (Wildman–Crippen MR) is 127 cm³/mol. The van der Waals surface area contributed by atoms with Gasteiger partial charge in [-0.2, -0.15) is 10.4 Å². The van der Waals surface area contributed by atoms with Crippen molar-refractivity contribution < 1.29 is 23.0 Å². The van der Waals surface area contributed by atoms with Crippen LogP contribution in [-0.4, -0.2) is 18.7 Å². The lowest BCUT2D eigenvalue weighted by atomic mass is 10.1. The fourth-order valence-corrected chi connectivity index (χ4v) is 3.62. The number of halogens is 3. The van der Waals surface area contributed by atoms with E-state index in [0.29, 0.717) is 29.2 Å². The SMILES string of the molecule is CCOc1cc(/C=N\NC(=O)c2ccc(C#N)cc2F)cc(I)c1OCc1cccc(F)c1. The van der Waals surface area contributed by atoms with Gasteiger partial charge >= 0.3 is 0 Å². The van der Waals surface area contributed by atoms with Gasteiger partial charge in [0.2, 0.25) is 0 Å². The van der Waals surface area contributed by atoms with E-state index < -0.39 is 11.7 Å². The first kappa shape index (κ1) is 24.1. The van der Waals surface area contributed by atoms with Gasteiger partial charge in [0.05, 0.1) is 33.6 Å². The number of hydrogen-bond donors (Lipinski definition) is 1. The molecule has 9 heteroatoms. The Balaban J connectivity index is 1.73. The number of carbonyl (C=O) groups excluding carboxylic acids is 1. The molecule has 0 saturated carbocycles. The van der Waals surface area contributed by atoms with Crippen LogP contribution in [0.1, 0.15) is 34.0 Å². The molecule has 168 valence electrons. The molecule has 0 aromatic heterocycles. The zero-order chi connectivity index (χ0) is 23.8. The van der Waals surface area contributed by atoms with E-state index in [0.717, 1.165) is 9.64 Å². The molecule has 0 aliphatic carbocycles. The Kier molecular flexibility index (Phi) is 8.32. The lowest BCUT2D eigenvalue weighted by molar-refractivity contribution is 0.0951. The monoisotopic (exact) mass is 561 g/mol. The van der Waals surface area contributed by atoms with Crippen LogP contribution in [0.3, 0.4) is 0 Å². The summed E-state index contributed by atoms with van der Waals surface area (Å²) in [5, 5.41) is 12.7. The number of nitriles is 1. The van der Waals surface area contributed by atoms with Crippen LogP contribution in [0.5, 0.6) is 11.5 Å². The lowest BCUT2D eigenvalue weighted by Crippen LogP contribution is -2.19. The van der Waals surface area contributed by atoms with Crippen molar-refractivity contribution in [2.75, 3.05) is 6.61 Å². The van der Waals surface area contributed by atoms with Gasteiger partial charge in [-0.15, -0.1) is 0 Å². The average molecular weight is 561 g/mol. The smallest absolute Gasteiger partial charge is 0.274 e. The van der Waals surface area contributed by atoms with Crippen LogP contribution in [0.4, 0.5) is 8.78 Å². The molecule has 1 amide bonds. The molecule has 6 nitrogen and oxygen atoms in total. The molecule has 33 heavy (non-hydrogen) atoms. The first-order valence-electron chi connectivity index (χ1n) is 9.78. The van der Waals surface area contributed by atoms with Gasteiger partial charge in [0.1, 0.15) is 18.2 Å². The predicted octanol–water partition coefficient (Wildman–Crippen LogP) is 5.18. The van der Waals surface area contributed by atoms with Gasteiger partial charge in [0.15, 0.2) is 11.5 Å². The number of nitrogens with one attached hydrogen (secondary N) is 1. The maximum Gasteiger partial charge on any atom is 0.274 e. The minimum Gasteiger partial charge on any atom is -0.490 e. The van der Waals surface area contributed by atoms with Crippen molar-refractivity contribution in [2.45, 2.75) is 13.5 Å². The van der Waals surface area contributed by atoms with E-state index in [4.69, 9.17) is 14.7 Å². The Morgan fingerprint density at radius 3 is 2.70 bits per heavy atom. The zero-order valence-electron chi connectivity index (χ0n) is 17.4. The molecular weight excluding hydrogens is 543 g/mol. The summed E-state index contributed by atoms with van der Waals surface area (Å²) in [6.07, 6.45) is 1.39. The van der Waals surface area contributed by atoms with Crippen LogP contribution in [0.2, 0.25) is 0 Å². The van der Waals surface area contributed by atoms with E-state index >= 15 is 0 Å². The van der Waals surface area contributed by atoms with Gasteiger partial charge in [0, 0.05) is 0 Å². The summed E-state index contributed by atoms with van der Waals surface area (Å²) in [6.45, 7) is 2.38. The molecule has 3 rings (SSSR count). The second kappa shape index (κ2) is 11.4. The van der Waals surface area contributed by atoms with Crippen molar-refractivity contribution in [3.05, 3.63) is 92.1 Å². The maximum absolute atomic E-state index is 14.0. The molecule has 0 saturated heterocycles. The summed E-state index contributed by atoms with van der Waals surface area (Å²) in [4.78, 5) is 12.2. The van der Waals surface area contributed by atoms with Crippen molar-refractivity contribution in [1.29, 1.82) is 5.26 Å². The van der Waals surface area contributed by atoms with E-state index in [1.807, 2.05) is 6.92 Å². The van der Waals surface area contributed by atoms with Crippen LogP contribution in [0.25, 0.3) is 0 Å². The molecule has 0 bridgehead atoms. The van der Waals surface area contributed by atoms with Crippen LogP contribution < -0.4 is 14.9 Å². The largest absolute Gasteiger partial charge is 0.490 e. The van der Waals surface area contributed by atoms with E-state index in [9.17, 15) is 13.6 Å². The molecule has 3 aromatic rings. The Morgan fingerprint density at radius 2 is 2.00 bits per heavy atom. The van der Waals surface area contributed by atoms with Crippen LogP contribution in [-0.2, 0) is 6.61 Å². The van der Waals surface area contributed by atoms with Crippen molar-refractivity contribution in [2.24, 2.45) is 5.10 Å². The first-order valence-corrected chi connectivity index (χ1v) is 10.9. The van der Waals surface area contributed by atoms with Crippen LogP contribution >= 0.6 is 22.6 Å². The molecule has 0 unspecified atom stereocenters. The second-order valence-electron chi connectivity index (χ2n) is 6.69. The van der Waals surface area contributed by atoms with Gasteiger partial charge in [-0.3, -0.25) is 4.79 Å². The van der Waals surface area contributed by atoms with Crippen molar-refractivity contribution in [3.63, 3.8) is 0 Å². The number of nitrogens with zero attached hydrogens (tertiary/aromatic N) is 2. The second-order valence-corrected chi connectivity index (χ2v) is 7.85. The highest BCUT2D eigenvalue weighted by Crippen LogP contribution is 2.34. The highest BCUT2D eigenvalue weighted by Gasteiger charge is 2.14. The number of rotatable bonds is 8. The maximum atomic E-state index is 14.0. The third-order valence-corrected chi connectivity index (χ3v) is 5.13. The molecule has 3 aromatic carbocycles. The molecule has 1 N–H and O–H groups in total. The molecule has 0 atom stereocenters. The molecule has 0 heterocycles. The summed E-state index contributed by atoms with van der Waals surface area (Å²) in [5.41, 5.74) is 3.44. The van der Waals surface area contributed by atoms with Crippen LogP contribution in [0, 0.1) is 26.5 Å². The molecule has 0 aliphatic heterocycles. The summed E-state index contributed by atoms with van der Waals surface area (Å²) in [6, 6.07) is 14.9. The quantitative estimate of drug-likeness (QED) is 0.234. The standard InChI is InChI=1S/C24H18F2IN3O3/c1-2-32-22-11-17(10-21(27)23(22)33-14-16-4-3-5-18(25)8-16)13-29-30-24(31)19-7-6-15(12-28)9-20(19)26/h3-11,13H,2,14H2,1H3,(H,30,31)/b29-13-. The van der Waals surface area contributed by atoms with Gasteiger partial charge in [-0.1, -0.05) is 12.1 Å². The highest BCUT2D eigenvalue weighted by molar-refractivity contribution is 14.1. The number of amides is 1. The minimum absolute atomic E-state index is 0.116.